The fraction of sp³-hybridized carbons (Fsp3) is 0.0625. The lowest BCUT2D eigenvalue weighted by molar-refractivity contribution is 0.174. The van der Waals surface area contributed by atoms with Crippen LogP contribution in [0.15, 0.2) is 67.0 Å². The van der Waals surface area contributed by atoms with Crippen LogP contribution in [0.2, 0.25) is 0 Å². The first kappa shape index (κ1) is 11.5. The summed E-state index contributed by atoms with van der Waals surface area (Å²) in [5.74, 6) is 1.69. The summed E-state index contributed by atoms with van der Waals surface area (Å²) in [6.45, 7) is 0.360. The van der Waals surface area contributed by atoms with Gasteiger partial charge in [0.2, 0.25) is 6.79 Å². The van der Waals surface area contributed by atoms with E-state index in [1.54, 1.807) is 0 Å². The molecule has 1 aliphatic heterocycles. The molecule has 0 saturated heterocycles. The van der Waals surface area contributed by atoms with Crippen LogP contribution in [0.4, 0.5) is 0 Å². The highest BCUT2D eigenvalue weighted by Gasteiger charge is 2.09. The van der Waals surface area contributed by atoms with Crippen molar-refractivity contribution in [1.82, 2.24) is 4.98 Å². The second-order valence-electron chi connectivity index (χ2n) is 4.08. The van der Waals surface area contributed by atoms with Crippen LogP contribution < -0.4 is 9.47 Å². The molecule has 0 radical (unpaired) electrons. The smallest absolute Gasteiger partial charge is 0.231 e. The molecule has 0 spiro atoms. The van der Waals surface area contributed by atoms with Crippen molar-refractivity contribution in [3.05, 3.63) is 67.0 Å². The lowest BCUT2D eigenvalue weighted by atomic mass is 10.2. The maximum atomic E-state index is 5.08. The van der Waals surface area contributed by atoms with Gasteiger partial charge in [0.15, 0.2) is 11.5 Å². The van der Waals surface area contributed by atoms with Gasteiger partial charge in [-0.3, -0.25) is 4.98 Å². The second-order valence-corrected chi connectivity index (χ2v) is 4.08. The predicted molar refractivity (Wildman–Crippen MR) is 74.3 cm³/mol. The summed E-state index contributed by atoms with van der Waals surface area (Å²) in [6, 6.07) is 17.8. The molecule has 0 unspecified atom stereocenters. The van der Waals surface area contributed by atoms with Crippen molar-refractivity contribution in [2.75, 3.05) is 6.79 Å². The number of nitrogens with zero attached hydrogens (tertiary/aromatic N) is 1. The van der Waals surface area contributed by atoms with Gasteiger partial charge in [0, 0.05) is 12.4 Å². The highest BCUT2D eigenvalue weighted by Crippen LogP contribution is 2.30. The normalized spacial score (nSPS) is 11.8. The van der Waals surface area contributed by atoms with Crippen LogP contribution >= 0.6 is 0 Å². The number of hydrogen-bond donors (Lipinski definition) is 0. The number of benzene rings is 2. The number of aromatic nitrogens is 1. The minimum atomic E-state index is 0.360. The van der Waals surface area contributed by atoms with Crippen LogP contribution in [0.3, 0.4) is 0 Å². The molecule has 0 bridgehead atoms. The highest BCUT2D eigenvalue weighted by atomic mass is 16.7. The Kier molecular flexibility index (Phi) is 3.28. The van der Waals surface area contributed by atoms with Gasteiger partial charge in [-0.25, -0.2) is 0 Å². The zero-order chi connectivity index (χ0) is 12.9. The molecule has 3 heteroatoms. The molecule has 3 aromatic rings. The van der Waals surface area contributed by atoms with E-state index >= 15 is 0 Å². The first-order valence-corrected chi connectivity index (χ1v) is 6.07. The predicted octanol–water partition coefficient (Wildman–Crippen LogP) is 3.65. The van der Waals surface area contributed by atoms with E-state index in [2.05, 4.69) is 17.1 Å². The van der Waals surface area contributed by atoms with E-state index in [1.807, 2.05) is 54.9 Å². The third kappa shape index (κ3) is 2.65. The summed E-state index contributed by atoms with van der Waals surface area (Å²) in [4.78, 5) is 4.01. The van der Waals surface area contributed by atoms with E-state index in [4.69, 9.17) is 9.47 Å². The van der Waals surface area contributed by atoms with E-state index in [0.29, 0.717) is 6.79 Å². The molecule has 94 valence electrons. The van der Waals surface area contributed by atoms with E-state index in [-0.39, 0.29) is 0 Å². The number of fused-ring (bicyclic) bond motifs is 2. The Bertz CT molecular complexity index is 594. The molecule has 1 aromatic heterocycles. The molecular formula is C16H13NO2. The molecule has 0 atom stereocenters. The lowest BCUT2D eigenvalue weighted by Crippen LogP contribution is -1.92. The maximum absolute atomic E-state index is 5.08. The van der Waals surface area contributed by atoms with Crippen molar-refractivity contribution >= 4 is 10.8 Å². The molecule has 0 saturated carbocycles. The first-order chi connectivity index (χ1) is 9.43. The van der Waals surface area contributed by atoms with Crippen molar-refractivity contribution in [1.29, 1.82) is 0 Å². The Balaban J connectivity index is 0.000000117. The third-order valence-electron chi connectivity index (χ3n) is 2.83. The topological polar surface area (TPSA) is 31.4 Å². The standard InChI is InChI=1S/C9H7N.C7H6O2/c1-2-4-9-7-10-6-5-8(9)3-1;1-2-4-7-6(3-1)8-5-9-7/h1-7H;1-4H,5H2. The fourth-order valence-corrected chi connectivity index (χ4v) is 1.87. The zero-order valence-corrected chi connectivity index (χ0v) is 10.3. The van der Waals surface area contributed by atoms with Gasteiger partial charge in [-0.15, -0.1) is 0 Å². The maximum Gasteiger partial charge on any atom is 0.231 e. The molecule has 2 heterocycles. The molecule has 3 nitrogen and oxygen atoms in total. The molecule has 0 fully saturated rings. The third-order valence-corrected chi connectivity index (χ3v) is 2.83. The summed E-state index contributed by atoms with van der Waals surface area (Å²) in [5.41, 5.74) is 0. The number of rotatable bonds is 0. The summed E-state index contributed by atoms with van der Waals surface area (Å²) < 4.78 is 10.2. The first-order valence-electron chi connectivity index (χ1n) is 6.07. The Labute approximate surface area is 111 Å². The van der Waals surface area contributed by atoms with Gasteiger partial charge in [0.05, 0.1) is 0 Å². The number of ether oxygens (including phenoxy) is 2. The minimum Gasteiger partial charge on any atom is -0.454 e. The van der Waals surface area contributed by atoms with Crippen molar-refractivity contribution in [2.24, 2.45) is 0 Å². The van der Waals surface area contributed by atoms with Crippen LogP contribution in [-0.2, 0) is 0 Å². The van der Waals surface area contributed by atoms with Gasteiger partial charge in [-0.05, 0) is 29.0 Å². The van der Waals surface area contributed by atoms with Gasteiger partial charge in [0.25, 0.3) is 0 Å². The van der Waals surface area contributed by atoms with Gasteiger partial charge < -0.3 is 9.47 Å². The van der Waals surface area contributed by atoms with Crippen molar-refractivity contribution in [2.45, 2.75) is 0 Å². The number of hydrogen-bond acceptors (Lipinski definition) is 3. The summed E-state index contributed by atoms with van der Waals surface area (Å²) in [6.07, 6.45) is 3.68. The summed E-state index contributed by atoms with van der Waals surface area (Å²) in [7, 11) is 0. The second kappa shape index (κ2) is 5.40. The van der Waals surface area contributed by atoms with Gasteiger partial charge >= 0.3 is 0 Å². The van der Waals surface area contributed by atoms with Crippen molar-refractivity contribution < 1.29 is 9.47 Å². The quantitative estimate of drug-likeness (QED) is 0.611. The van der Waals surface area contributed by atoms with Crippen molar-refractivity contribution in [3.8, 4) is 11.5 Å². The van der Waals surface area contributed by atoms with Crippen LogP contribution in [0.25, 0.3) is 10.8 Å². The SMILES string of the molecule is c1ccc2c(c1)OCO2.c1ccc2cnccc2c1. The lowest BCUT2D eigenvalue weighted by Gasteiger charge is -1.91. The molecule has 1 aliphatic rings. The number of pyridine rings is 1. The fourth-order valence-electron chi connectivity index (χ4n) is 1.87. The molecule has 2 aromatic carbocycles. The van der Waals surface area contributed by atoms with Gasteiger partial charge in [-0.1, -0.05) is 36.4 Å². The molecule has 0 N–H and O–H groups in total. The average molecular weight is 251 g/mol. The summed E-state index contributed by atoms with van der Waals surface area (Å²) in [5, 5.41) is 2.45. The van der Waals surface area contributed by atoms with Gasteiger partial charge in [-0.2, -0.15) is 0 Å². The minimum absolute atomic E-state index is 0.360. The Morgan fingerprint density at radius 2 is 1.37 bits per heavy atom. The molecule has 4 rings (SSSR count). The van der Waals surface area contributed by atoms with Crippen molar-refractivity contribution in [3.63, 3.8) is 0 Å². The zero-order valence-electron chi connectivity index (χ0n) is 10.3. The Hall–Kier alpha value is -2.55. The largest absolute Gasteiger partial charge is 0.454 e. The average Bonchev–Trinajstić information content (AvgIpc) is 2.96. The Morgan fingerprint density at radius 3 is 2.05 bits per heavy atom. The van der Waals surface area contributed by atoms with Crippen LogP contribution in [0.5, 0.6) is 11.5 Å². The van der Waals surface area contributed by atoms with E-state index in [0.717, 1.165) is 11.5 Å². The molecule has 0 aliphatic carbocycles. The van der Waals surface area contributed by atoms with E-state index in [1.165, 1.54) is 10.8 Å². The molecular weight excluding hydrogens is 238 g/mol. The number of para-hydroxylation sites is 2. The molecule has 19 heavy (non-hydrogen) atoms. The van der Waals surface area contributed by atoms with E-state index in [9.17, 15) is 0 Å². The van der Waals surface area contributed by atoms with Crippen LogP contribution in [-0.4, -0.2) is 11.8 Å². The highest BCUT2D eigenvalue weighted by molar-refractivity contribution is 5.80. The summed E-state index contributed by atoms with van der Waals surface area (Å²) >= 11 is 0. The Morgan fingerprint density at radius 1 is 0.737 bits per heavy atom. The van der Waals surface area contributed by atoms with Gasteiger partial charge in [0.1, 0.15) is 0 Å². The van der Waals surface area contributed by atoms with Crippen LogP contribution in [0, 0.1) is 0 Å². The molecule has 0 amide bonds. The monoisotopic (exact) mass is 251 g/mol. The van der Waals surface area contributed by atoms with Crippen LogP contribution in [0.1, 0.15) is 0 Å². The van der Waals surface area contributed by atoms with E-state index < -0.39 is 0 Å².